The SMILES string of the molecule is S=COCCc1ccccc1. The van der Waals surface area contributed by atoms with Crippen LogP contribution in [-0.2, 0) is 11.2 Å². The number of benzene rings is 1. The fourth-order valence-electron chi connectivity index (χ4n) is 0.870. The van der Waals surface area contributed by atoms with Gasteiger partial charge in [0.2, 0.25) is 0 Å². The summed E-state index contributed by atoms with van der Waals surface area (Å²) in [5.41, 5.74) is 2.59. The van der Waals surface area contributed by atoms with Crippen molar-refractivity contribution in [1.82, 2.24) is 0 Å². The van der Waals surface area contributed by atoms with Crippen molar-refractivity contribution in [1.29, 1.82) is 0 Å². The van der Waals surface area contributed by atoms with Gasteiger partial charge in [-0.3, -0.25) is 0 Å². The summed E-state index contributed by atoms with van der Waals surface area (Å²) >= 11 is 4.52. The molecule has 0 aliphatic rings. The van der Waals surface area contributed by atoms with Gasteiger partial charge in [0.05, 0.1) is 6.61 Å². The Morgan fingerprint density at radius 3 is 2.64 bits per heavy atom. The van der Waals surface area contributed by atoms with Crippen molar-refractivity contribution in [3.8, 4) is 0 Å². The summed E-state index contributed by atoms with van der Waals surface area (Å²) in [7, 11) is 0. The first-order valence-corrected chi connectivity index (χ1v) is 4.00. The van der Waals surface area contributed by atoms with Crippen LogP contribution in [0.5, 0.6) is 0 Å². The van der Waals surface area contributed by atoms with Crippen molar-refractivity contribution in [2.24, 2.45) is 0 Å². The van der Waals surface area contributed by atoms with E-state index >= 15 is 0 Å². The average Bonchev–Trinajstić information content (AvgIpc) is 2.07. The second kappa shape index (κ2) is 4.85. The van der Waals surface area contributed by atoms with Crippen molar-refractivity contribution in [3.63, 3.8) is 0 Å². The van der Waals surface area contributed by atoms with E-state index in [9.17, 15) is 0 Å². The van der Waals surface area contributed by atoms with Crippen molar-refractivity contribution < 1.29 is 4.74 Å². The van der Waals surface area contributed by atoms with Crippen molar-refractivity contribution in [2.75, 3.05) is 6.61 Å². The van der Waals surface area contributed by atoms with Crippen LogP contribution in [0.4, 0.5) is 0 Å². The first-order chi connectivity index (χ1) is 5.43. The summed E-state index contributed by atoms with van der Waals surface area (Å²) in [5.74, 6) is 0. The molecule has 0 saturated heterocycles. The minimum Gasteiger partial charge on any atom is -0.489 e. The Morgan fingerprint density at radius 1 is 1.27 bits per heavy atom. The first-order valence-electron chi connectivity index (χ1n) is 3.52. The minimum atomic E-state index is 0.674. The normalized spacial score (nSPS) is 9.09. The molecule has 0 unspecified atom stereocenters. The van der Waals surface area contributed by atoms with Crippen LogP contribution in [0.15, 0.2) is 30.3 Å². The molecule has 0 fully saturated rings. The largest absolute Gasteiger partial charge is 0.489 e. The Balaban J connectivity index is 2.33. The quantitative estimate of drug-likeness (QED) is 0.501. The van der Waals surface area contributed by atoms with Gasteiger partial charge in [0.15, 0.2) is 0 Å². The maximum atomic E-state index is 4.93. The van der Waals surface area contributed by atoms with Crippen LogP contribution in [0.25, 0.3) is 0 Å². The molecule has 0 heterocycles. The predicted molar refractivity (Wildman–Crippen MR) is 49.8 cm³/mol. The zero-order valence-electron chi connectivity index (χ0n) is 6.19. The van der Waals surface area contributed by atoms with Gasteiger partial charge in [0.25, 0.3) is 0 Å². The molecule has 1 nitrogen and oxygen atoms in total. The molecular weight excluding hydrogens is 156 g/mol. The van der Waals surface area contributed by atoms with E-state index in [1.165, 1.54) is 11.1 Å². The van der Waals surface area contributed by atoms with E-state index in [1.807, 2.05) is 18.2 Å². The minimum absolute atomic E-state index is 0.674. The van der Waals surface area contributed by atoms with Crippen LogP contribution in [0, 0.1) is 0 Å². The summed E-state index contributed by atoms with van der Waals surface area (Å²) in [6, 6.07) is 10.2. The Hall–Kier alpha value is -0.890. The van der Waals surface area contributed by atoms with Crippen molar-refractivity contribution >= 4 is 17.8 Å². The Labute approximate surface area is 72.0 Å². The highest BCUT2D eigenvalue weighted by atomic mass is 32.1. The van der Waals surface area contributed by atoms with Crippen LogP contribution < -0.4 is 0 Å². The molecule has 0 radical (unpaired) electrons. The number of hydrogen-bond donors (Lipinski definition) is 0. The molecule has 0 aliphatic heterocycles. The standard InChI is InChI=1S/C9H10OS/c11-8-10-7-6-9-4-2-1-3-5-9/h1-5,8H,6-7H2. The van der Waals surface area contributed by atoms with E-state index in [4.69, 9.17) is 4.74 Å². The molecule has 0 N–H and O–H groups in total. The number of hydrogen-bond acceptors (Lipinski definition) is 2. The summed E-state index contributed by atoms with van der Waals surface area (Å²) in [5, 5.41) is 0. The molecule has 1 rings (SSSR count). The molecule has 11 heavy (non-hydrogen) atoms. The van der Waals surface area contributed by atoms with Gasteiger partial charge in [-0.25, -0.2) is 0 Å². The average molecular weight is 166 g/mol. The van der Waals surface area contributed by atoms with Gasteiger partial charge in [-0.1, -0.05) is 30.3 Å². The van der Waals surface area contributed by atoms with Crippen LogP contribution in [-0.4, -0.2) is 12.2 Å². The first kappa shape index (κ1) is 8.21. The van der Waals surface area contributed by atoms with Crippen LogP contribution in [0.2, 0.25) is 0 Å². The number of rotatable bonds is 4. The van der Waals surface area contributed by atoms with Crippen molar-refractivity contribution in [2.45, 2.75) is 6.42 Å². The van der Waals surface area contributed by atoms with Gasteiger partial charge >= 0.3 is 0 Å². The second-order valence-electron chi connectivity index (χ2n) is 2.20. The highest BCUT2D eigenvalue weighted by Gasteiger charge is 1.88. The monoisotopic (exact) mass is 166 g/mol. The Morgan fingerprint density at radius 2 is 2.00 bits per heavy atom. The van der Waals surface area contributed by atoms with E-state index in [0.717, 1.165) is 6.42 Å². The third-order valence-corrected chi connectivity index (χ3v) is 1.56. The summed E-state index contributed by atoms with van der Waals surface area (Å²) < 4.78 is 4.93. The lowest BCUT2D eigenvalue weighted by Gasteiger charge is -1.98. The van der Waals surface area contributed by atoms with Crippen LogP contribution in [0.3, 0.4) is 0 Å². The van der Waals surface area contributed by atoms with E-state index in [-0.39, 0.29) is 0 Å². The molecule has 0 atom stereocenters. The van der Waals surface area contributed by atoms with Gasteiger partial charge in [0.1, 0.15) is 5.55 Å². The summed E-state index contributed by atoms with van der Waals surface area (Å²) in [4.78, 5) is 0. The molecule has 0 saturated carbocycles. The fraction of sp³-hybridized carbons (Fsp3) is 0.222. The lowest BCUT2D eigenvalue weighted by Crippen LogP contribution is -1.94. The maximum absolute atomic E-state index is 4.93. The van der Waals surface area contributed by atoms with Crippen LogP contribution >= 0.6 is 12.2 Å². The third kappa shape index (κ3) is 3.14. The zero-order chi connectivity index (χ0) is 7.94. The fourth-order valence-corrected chi connectivity index (χ4v) is 0.966. The van der Waals surface area contributed by atoms with Gasteiger partial charge in [-0.2, -0.15) is 0 Å². The van der Waals surface area contributed by atoms with E-state index < -0.39 is 0 Å². The van der Waals surface area contributed by atoms with Crippen LogP contribution in [0.1, 0.15) is 5.56 Å². The number of thiocarbonyl (C=S) groups is 1. The van der Waals surface area contributed by atoms with Crippen molar-refractivity contribution in [3.05, 3.63) is 35.9 Å². The molecule has 0 bridgehead atoms. The van der Waals surface area contributed by atoms with E-state index in [1.54, 1.807) is 0 Å². The zero-order valence-corrected chi connectivity index (χ0v) is 7.01. The highest BCUT2D eigenvalue weighted by Crippen LogP contribution is 1.98. The lowest BCUT2D eigenvalue weighted by molar-refractivity contribution is 0.331. The maximum Gasteiger partial charge on any atom is 0.146 e. The third-order valence-electron chi connectivity index (χ3n) is 1.42. The van der Waals surface area contributed by atoms with Gasteiger partial charge in [-0.15, -0.1) is 0 Å². The van der Waals surface area contributed by atoms with Gasteiger partial charge in [-0.05, 0) is 17.8 Å². The summed E-state index contributed by atoms with van der Waals surface area (Å²) in [6.45, 7) is 0.674. The Kier molecular flexibility index (Phi) is 3.62. The molecule has 0 aliphatic carbocycles. The molecule has 1 aromatic rings. The second-order valence-corrected chi connectivity index (χ2v) is 2.40. The summed E-state index contributed by atoms with van der Waals surface area (Å²) in [6.07, 6.45) is 0.925. The smallest absolute Gasteiger partial charge is 0.146 e. The molecule has 2 heteroatoms. The Bertz CT molecular complexity index is 208. The molecule has 58 valence electrons. The lowest BCUT2D eigenvalue weighted by atomic mass is 10.2. The van der Waals surface area contributed by atoms with E-state index in [2.05, 4.69) is 24.4 Å². The molecular formula is C9H10OS. The predicted octanol–water partition coefficient (Wildman–Crippen LogP) is 2.20. The molecule has 0 amide bonds. The number of ether oxygens (including phenoxy) is 1. The molecule has 1 aromatic carbocycles. The molecule has 0 aromatic heterocycles. The van der Waals surface area contributed by atoms with Gasteiger partial charge in [0, 0.05) is 6.42 Å². The van der Waals surface area contributed by atoms with Gasteiger partial charge < -0.3 is 4.74 Å². The topological polar surface area (TPSA) is 9.23 Å². The molecule has 0 spiro atoms. The highest BCUT2D eigenvalue weighted by molar-refractivity contribution is 7.78. The van der Waals surface area contributed by atoms with E-state index in [0.29, 0.717) is 6.61 Å².